The van der Waals surface area contributed by atoms with Gasteiger partial charge in [-0.2, -0.15) is 8.42 Å². The molecular weight excluding hydrogens is 799 g/mol. The summed E-state index contributed by atoms with van der Waals surface area (Å²) in [6.45, 7) is 14.0. The zero-order chi connectivity index (χ0) is 45.6. The number of methoxy groups -OCH3 is 2. The number of nitrogens with one attached hydrogen (secondary N) is 3. The molecule has 14 nitrogen and oxygen atoms in total. The minimum atomic E-state index is -4.33. The van der Waals surface area contributed by atoms with Gasteiger partial charge in [-0.3, -0.25) is 23.7 Å². The molecule has 1 heterocycles. The van der Waals surface area contributed by atoms with Crippen molar-refractivity contribution in [3.05, 3.63) is 71.8 Å². The van der Waals surface area contributed by atoms with Crippen LogP contribution in [-0.2, 0) is 45.2 Å². The van der Waals surface area contributed by atoms with Gasteiger partial charge in [0.1, 0.15) is 6.04 Å². The summed E-state index contributed by atoms with van der Waals surface area (Å²) >= 11 is 0. The van der Waals surface area contributed by atoms with Gasteiger partial charge in [0.2, 0.25) is 23.6 Å². The van der Waals surface area contributed by atoms with Gasteiger partial charge in [0.25, 0.3) is 10.1 Å². The summed E-state index contributed by atoms with van der Waals surface area (Å²) in [6.07, 6.45) is 4.91. The van der Waals surface area contributed by atoms with Crippen LogP contribution in [0.1, 0.15) is 85.3 Å². The number of nitrogens with zero attached hydrogens (tertiary/aromatic N) is 2. The van der Waals surface area contributed by atoms with Crippen molar-refractivity contribution in [1.82, 2.24) is 25.8 Å². The van der Waals surface area contributed by atoms with E-state index in [1.54, 1.807) is 63.2 Å². The van der Waals surface area contributed by atoms with Crippen LogP contribution in [0.25, 0.3) is 6.08 Å². The van der Waals surface area contributed by atoms with Gasteiger partial charge in [-0.05, 0) is 67.3 Å². The van der Waals surface area contributed by atoms with Gasteiger partial charge in [0.15, 0.2) is 0 Å². The molecule has 9 atom stereocenters. The molecule has 0 bridgehead atoms. The summed E-state index contributed by atoms with van der Waals surface area (Å²) in [6, 6.07) is 12.9. The summed E-state index contributed by atoms with van der Waals surface area (Å²) in [7, 11) is 2.21. The van der Waals surface area contributed by atoms with Crippen molar-refractivity contribution in [3.8, 4) is 0 Å². The highest BCUT2D eigenvalue weighted by molar-refractivity contribution is 7.85. The third-order valence-corrected chi connectivity index (χ3v) is 12.9. The Balaban J connectivity index is 1.81. The molecule has 15 heteroatoms. The Morgan fingerprint density at radius 2 is 1.52 bits per heavy atom. The molecule has 3 rings (SSSR count). The molecule has 1 fully saturated rings. The summed E-state index contributed by atoms with van der Waals surface area (Å²) in [5.41, 5.74) is 1.68. The first-order valence-electron chi connectivity index (χ1n) is 21.5. The molecular formula is C46H71N5O9S. The number of amides is 4. The van der Waals surface area contributed by atoms with Crippen molar-refractivity contribution in [2.24, 2.45) is 23.7 Å². The van der Waals surface area contributed by atoms with E-state index in [4.69, 9.17) is 9.47 Å². The van der Waals surface area contributed by atoms with Crippen molar-refractivity contribution in [2.45, 2.75) is 128 Å². The summed E-state index contributed by atoms with van der Waals surface area (Å²) < 4.78 is 44.5. The second-order valence-electron chi connectivity index (χ2n) is 17.0. The topological polar surface area (TPSA) is 184 Å². The normalized spacial score (nSPS) is 18.6. The lowest BCUT2D eigenvalue weighted by molar-refractivity contribution is -0.147. The van der Waals surface area contributed by atoms with Gasteiger partial charge in [0.05, 0.1) is 53.6 Å². The molecule has 4 amide bonds. The maximum atomic E-state index is 14.3. The molecule has 0 unspecified atom stereocenters. The fourth-order valence-electron chi connectivity index (χ4n) is 8.38. The van der Waals surface area contributed by atoms with Gasteiger partial charge < -0.3 is 35.2 Å². The Morgan fingerprint density at radius 1 is 0.902 bits per heavy atom. The van der Waals surface area contributed by atoms with Gasteiger partial charge in [-0.25, -0.2) is 0 Å². The number of hydrogen-bond donors (Lipinski definition) is 4. The first-order valence-corrected chi connectivity index (χ1v) is 22.9. The SMILES string of the molecule is CC[C@H](C)[C@@H]([C@@H](CC(=O)N1CCC[C@H]1[C@H](OC)[C@@H](C)C(=O)N[C@H](/C=C/c1ccc(S(=O)(=O)O)cc1)Cc1ccccc1)OC)N(C)C(=O)[C@@H](NC(=O)[C@@H](NC)C(C)C)C(C)C. The maximum Gasteiger partial charge on any atom is 0.294 e. The second-order valence-corrected chi connectivity index (χ2v) is 18.5. The molecule has 2 aromatic rings. The molecule has 0 spiro atoms. The van der Waals surface area contributed by atoms with E-state index in [0.717, 1.165) is 18.4 Å². The zero-order valence-corrected chi connectivity index (χ0v) is 38.8. The molecule has 1 aliphatic rings. The van der Waals surface area contributed by atoms with Gasteiger partial charge in [0, 0.05) is 27.8 Å². The largest absolute Gasteiger partial charge is 0.379 e. The van der Waals surface area contributed by atoms with Gasteiger partial charge in [-0.15, -0.1) is 0 Å². The number of benzene rings is 2. The third-order valence-electron chi connectivity index (χ3n) is 12.1. The Labute approximate surface area is 364 Å². The van der Waals surface area contributed by atoms with Crippen LogP contribution in [0.4, 0.5) is 0 Å². The van der Waals surface area contributed by atoms with E-state index >= 15 is 0 Å². The standard InChI is InChI=1S/C46H71N5O9S/c1-12-31(6)42(50(9)46(55)41(30(4)5)49-45(54)40(47-8)29(2)3)38(59-10)28-39(52)51-26-16-19-37(51)43(60-11)32(7)44(53)48-35(27-34-17-14-13-15-18-34)23-20-33-21-24-36(25-22-33)61(56,57)58/h13-15,17-18,20-25,29-32,35,37-38,40-43,47H,12,16,19,26-28H2,1-11H3,(H,48,53)(H,49,54)(H,56,57,58)/b23-20+/t31-,32+,35+,37-,38+,40-,41-,42-,43+/m0/s1. The molecule has 0 aromatic heterocycles. The highest BCUT2D eigenvalue weighted by Gasteiger charge is 2.43. The molecule has 1 aliphatic heterocycles. The average molecular weight is 870 g/mol. The van der Waals surface area contributed by atoms with E-state index in [1.165, 1.54) is 12.1 Å². The molecule has 61 heavy (non-hydrogen) atoms. The van der Waals surface area contributed by atoms with Crippen molar-refractivity contribution in [1.29, 1.82) is 0 Å². The first kappa shape index (κ1) is 51.2. The lowest BCUT2D eigenvalue weighted by atomic mass is 9.89. The zero-order valence-electron chi connectivity index (χ0n) is 38.0. The van der Waals surface area contributed by atoms with E-state index < -0.39 is 52.4 Å². The van der Waals surface area contributed by atoms with E-state index in [0.29, 0.717) is 24.9 Å². The summed E-state index contributed by atoms with van der Waals surface area (Å²) in [5, 5.41) is 9.20. The molecule has 2 aromatic carbocycles. The van der Waals surface area contributed by atoms with Crippen molar-refractivity contribution in [2.75, 3.05) is 34.9 Å². The van der Waals surface area contributed by atoms with Crippen LogP contribution in [0.15, 0.2) is 65.6 Å². The summed E-state index contributed by atoms with van der Waals surface area (Å²) in [5.74, 6) is -1.80. The Bertz CT molecular complexity index is 1860. The number of carbonyl (C=O) groups is 4. The van der Waals surface area contributed by atoms with Crippen molar-refractivity contribution in [3.63, 3.8) is 0 Å². The quantitative estimate of drug-likeness (QED) is 0.111. The average Bonchev–Trinajstić information content (AvgIpc) is 3.71. The monoisotopic (exact) mass is 869 g/mol. The molecule has 0 aliphatic carbocycles. The Morgan fingerprint density at radius 3 is 2.05 bits per heavy atom. The van der Waals surface area contributed by atoms with Crippen LogP contribution >= 0.6 is 0 Å². The Kier molecular flexibility index (Phi) is 20.1. The van der Waals surface area contributed by atoms with Crippen LogP contribution in [0.5, 0.6) is 0 Å². The van der Waals surface area contributed by atoms with Crippen molar-refractivity contribution >= 4 is 39.8 Å². The minimum absolute atomic E-state index is 0.000318. The molecule has 0 saturated carbocycles. The van der Waals surface area contributed by atoms with Crippen LogP contribution in [-0.4, -0.2) is 124 Å². The molecule has 340 valence electrons. The number of ether oxygens (including phenoxy) is 2. The predicted octanol–water partition coefficient (Wildman–Crippen LogP) is 4.98. The van der Waals surface area contributed by atoms with E-state index in [1.807, 2.05) is 78.0 Å². The van der Waals surface area contributed by atoms with E-state index in [-0.39, 0.29) is 58.7 Å². The minimum Gasteiger partial charge on any atom is -0.379 e. The second kappa shape index (κ2) is 23.9. The van der Waals surface area contributed by atoms with Crippen molar-refractivity contribution < 1.29 is 41.6 Å². The Hall–Kier alpha value is -4.15. The highest BCUT2D eigenvalue weighted by Crippen LogP contribution is 2.30. The number of rotatable bonds is 23. The van der Waals surface area contributed by atoms with E-state index in [2.05, 4.69) is 16.0 Å². The first-order chi connectivity index (χ1) is 28.8. The molecule has 4 N–H and O–H groups in total. The summed E-state index contributed by atoms with van der Waals surface area (Å²) in [4.78, 5) is 59.1. The van der Waals surface area contributed by atoms with Crippen LogP contribution in [0.2, 0.25) is 0 Å². The maximum absolute atomic E-state index is 14.3. The number of likely N-dealkylation sites (N-methyl/N-ethyl adjacent to an activating group) is 2. The highest BCUT2D eigenvalue weighted by atomic mass is 32.2. The number of carbonyl (C=O) groups excluding carboxylic acids is 4. The molecule has 0 radical (unpaired) electrons. The lowest BCUT2D eigenvalue weighted by Crippen LogP contribution is -2.59. The van der Waals surface area contributed by atoms with Crippen LogP contribution in [0.3, 0.4) is 0 Å². The van der Waals surface area contributed by atoms with Crippen LogP contribution < -0.4 is 16.0 Å². The molecule has 1 saturated heterocycles. The smallest absolute Gasteiger partial charge is 0.294 e. The fraction of sp³-hybridized carbons (Fsp3) is 0.609. The number of hydrogen-bond acceptors (Lipinski definition) is 9. The van der Waals surface area contributed by atoms with Gasteiger partial charge in [-0.1, -0.05) is 110 Å². The van der Waals surface area contributed by atoms with E-state index in [9.17, 15) is 32.1 Å². The fourth-order valence-corrected chi connectivity index (χ4v) is 8.86. The number of likely N-dealkylation sites (tertiary alicyclic amines) is 1. The van der Waals surface area contributed by atoms with Crippen LogP contribution in [0, 0.1) is 23.7 Å². The predicted molar refractivity (Wildman–Crippen MR) is 238 cm³/mol. The lowest BCUT2D eigenvalue weighted by Gasteiger charge is -2.41. The third kappa shape index (κ3) is 14.2. The van der Waals surface area contributed by atoms with Gasteiger partial charge >= 0.3 is 0 Å².